The van der Waals surface area contributed by atoms with E-state index in [0.717, 1.165) is 11.5 Å². The number of hydrogen-bond acceptors (Lipinski definition) is 1. The van der Waals surface area contributed by atoms with Crippen LogP contribution in [0.5, 0.6) is 0 Å². The van der Waals surface area contributed by atoms with Gasteiger partial charge in [0.05, 0.1) is 6.54 Å². The molecule has 1 aliphatic rings. The van der Waals surface area contributed by atoms with Crippen LogP contribution in [0.1, 0.15) is 20.3 Å². The van der Waals surface area contributed by atoms with E-state index in [1.807, 2.05) is 0 Å². The molecule has 10 heavy (non-hydrogen) atoms. The van der Waals surface area contributed by atoms with E-state index >= 15 is 0 Å². The predicted molar refractivity (Wildman–Crippen MR) is 39.9 cm³/mol. The molecule has 1 aliphatic heterocycles. The Kier molecular flexibility index (Phi) is 1.97. The minimum absolute atomic E-state index is 0.366. The van der Waals surface area contributed by atoms with Crippen molar-refractivity contribution in [3.63, 3.8) is 0 Å². The van der Waals surface area contributed by atoms with E-state index in [1.54, 1.807) is 0 Å². The van der Waals surface area contributed by atoms with Crippen molar-refractivity contribution >= 4 is 0 Å². The minimum Gasteiger partial charge on any atom is -0.216 e. The molecule has 1 rings (SSSR count). The molecule has 0 saturated carbocycles. The molecule has 0 spiro atoms. The summed E-state index contributed by atoms with van der Waals surface area (Å²) in [7, 11) is 0. The molecular formula is C8H14FN. The summed E-state index contributed by atoms with van der Waals surface area (Å²) in [5.74, 6) is 0.887. The van der Waals surface area contributed by atoms with Crippen LogP contribution in [0.3, 0.4) is 0 Å². The zero-order chi connectivity index (χ0) is 7.72. The highest BCUT2D eigenvalue weighted by atomic mass is 19.2. The van der Waals surface area contributed by atoms with E-state index in [4.69, 9.17) is 0 Å². The molecule has 1 unspecified atom stereocenters. The normalized spacial score (nSPS) is 26.6. The lowest BCUT2D eigenvalue weighted by Crippen LogP contribution is -2.09. The van der Waals surface area contributed by atoms with Crippen molar-refractivity contribution in [3.05, 3.63) is 12.3 Å². The van der Waals surface area contributed by atoms with Gasteiger partial charge in [0.1, 0.15) is 0 Å². The van der Waals surface area contributed by atoms with Crippen LogP contribution in [-0.2, 0) is 0 Å². The van der Waals surface area contributed by atoms with Crippen molar-refractivity contribution in [2.75, 3.05) is 6.54 Å². The largest absolute Gasteiger partial charge is 0.216 e. The van der Waals surface area contributed by atoms with Crippen LogP contribution in [0.4, 0.5) is 4.48 Å². The van der Waals surface area contributed by atoms with Crippen molar-refractivity contribution in [3.8, 4) is 0 Å². The van der Waals surface area contributed by atoms with E-state index in [2.05, 4.69) is 20.4 Å². The third-order valence-electron chi connectivity index (χ3n) is 2.18. The van der Waals surface area contributed by atoms with Crippen LogP contribution in [0.2, 0.25) is 0 Å². The maximum Gasteiger partial charge on any atom is 0.0508 e. The van der Waals surface area contributed by atoms with Gasteiger partial charge in [-0.15, -0.1) is 4.48 Å². The third-order valence-corrected chi connectivity index (χ3v) is 2.18. The number of hydrogen-bond donors (Lipinski definition) is 0. The summed E-state index contributed by atoms with van der Waals surface area (Å²) in [5.41, 5.74) is 0.662. The van der Waals surface area contributed by atoms with Gasteiger partial charge in [-0.3, -0.25) is 0 Å². The highest BCUT2D eigenvalue weighted by molar-refractivity contribution is 5.03. The van der Waals surface area contributed by atoms with E-state index in [9.17, 15) is 4.48 Å². The second-order valence-electron chi connectivity index (χ2n) is 3.22. The molecule has 0 aliphatic carbocycles. The Morgan fingerprint density at radius 2 is 2.30 bits per heavy atom. The van der Waals surface area contributed by atoms with Gasteiger partial charge in [-0.25, -0.2) is 5.12 Å². The zero-order valence-corrected chi connectivity index (χ0v) is 6.60. The molecule has 0 aromatic carbocycles. The third kappa shape index (κ3) is 1.15. The van der Waals surface area contributed by atoms with Crippen molar-refractivity contribution in [1.82, 2.24) is 5.12 Å². The Morgan fingerprint density at radius 1 is 1.70 bits per heavy atom. The molecular weight excluding hydrogens is 129 g/mol. The first-order valence-corrected chi connectivity index (χ1v) is 3.75. The predicted octanol–water partition coefficient (Wildman–Crippen LogP) is 2.36. The quantitative estimate of drug-likeness (QED) is 0.509. The first-order chi connectivity index (χ1) is 4.63. The van der Waals surface area contributed by atoms with E-state index in [-0.39, 0.29) is 0 Å². The Hall–Kier alpha value is -0.530. The van der Waals surface area contributed by atoms with Gasteiger partial charge in [0.15, 0.2) is 0 Å². The van der Waals surface area contributed by atoms with Gasteiger partial charge in [0.25, 0.3) is 0 Å². The van der Waals surface area contributed by atoms with E-state index in [1.165, 1.54) is 0 Å². The van der Waals surface area contributed by atoms with Gasteiger partial charge >= 0.3 is 0 Å². The molecule has 1 fully saturated rings. The minimum atomic E-state index is 0.366. The van der Waals surface area contributed by atoms with Crippen molar-refractivity contribution in [2.45, 2.75) is 20.3 Å². The second kappa shape index (κ2) is 2.60. The van der Waals surface area contributed by atoms with Gasteiger partial charge in [0.2, 0.25) is 0 Å². The molecule has 0 N–H and O–H groups in total. The highest BCUT2D eigenvalue weighted by Crippen LogP contribution is 2.32. The molecule has 1 heterocycles. The lowest BCUT2D eigenvalue weighted by molar-refractivity contribution is 0.0908. The molecule has 0 amide bonds. The molecule has 0 radical (unpaired) electrons. The second-order valence-corrected chi connectivity index (χ2v) is 3.22. The molecule has 1 nitrogen and oxygen atoms in total. The Labute approximate surface area is 61.5 Å². The van der Waals surface area contributed by atoms with Crippen molar-refractivity contribution in [2.24, 2.45) is 11.8 Å². The maximum absolute atomic E-state index is 12.7. The standard InChI is InChI=1S/C8H14FN/c1-6(2)8-4-5-10(9)7(8)3/h6,8H,3-5H2,1-2H3. The van der Waals surface area contributed by atoms with Gasteiger partial charge < -0.3 is 0 Å². The smallest absolute Gasteiger partial charge is 0.0508 e. The summed E-state index contributed by atoms with van der Waals surface area (Å²) < 4.78 is 12.7. The summed E-state index contributed by atoms with van der Waals surface area (Å²) in [5, 5.41) is 0.769. The SMILES string of the molecule is C=C1C(C(C)C)CCN1F. The Morgan fingerprint density at radius 3 is 2.50 bits per heavy atom. The number of rotatable bonds is 1. The molecule has 2 heteroatoms. The summed E-state index contributed by atoms with van der Waals surface area (Å²) in [6.45, 7) is 8.43. The summed E-state index contributed by atoms with van der Waals surface area (Å²) in [4.78, 5) is 0. The maximum atomic E-state index is 12.7. The van der Waals surface area contributed by atoms with E-state index in [0.29, 0.717) is 24.1 Å². The topological polar surface area (TPSA) is 3.24 Å². The first-order valence-electron chi connectivity index (χ1n) is 3.75. The van der Waals surface area contributed by atoms with Gasteiger partial charge in [-0.1, -0.05) is 20.4 Å². The number of halogens is 1. The summed E-state index contributed by atoms with van der Waals surface area (Å²) >= 11 is 0. The summed E-state index contributed by atoms with van der Waals surface area (Å²) in [6, 6.07) is 0. The summed E-state index contributed by atoms with van der Waals surface area (Å²) in [6.07, 6.45) is 0.924. The molecule has 0 aromatic heterocycles. The molecule has 58 valence electrons. The highest BCUT2D eigenvalue weighted by Gasteiger charge is 2.28. The average molecular weight is 143 g/mol. The van der Waals surface area contributed by atoms with Gasteiger partial charge in [-0.05, 0) is 12.3 Å². The molecule has 0 aromatic rings. The monoisotopic (exact) mass is 143 g/mol. The van der Waals surface area contributed by atoms with Crippen molar-refractivity contribution in [1.29, 1.82) is 0 Å². The Bertz CT molecular complexity index is 142. The fourth-order valence-electron chi connectivity index (χ4n) is 1.46. The fraction of sp³-hybridized carbons (Fsp3) is 0.750. The molecule has 0 bridgehead atoms. The first kappa shape index (κ1) is 7.58. The number of nitrogens with zero attached hydrogens (tertiary/aromatic N) is 1. The fourth-order valence-corrected chi connectivity index (χ4v) is 1.46. The van der Waals surface area contributed by atoms with Crippen LogP contribution < -0.4 is 0 Å². The van der Waals surface area contributed by atoms with Crippen LogP contribution >= 0.6 is 0 Å². The van der Waals surface area contributed by atoms with Crippen LogP contribution in [-0.4, -0.2) is 11.7 Å². The van der Waals surface area contributed by atoms with Crippen molar-refractivity contribution < 1.29 is 4.48 Å². The van der Waals surface area contributed by atoms with Crippen LogP contribution in [0.25, 0.3) is 0 Å². The number of allylic oxidation sites excluding steroid dienone is 1. The lowest BCUT2D eigenvalue weighted by atomic mass is 9.93. The average Bonchev–Trinajstić information content (AvgIpc) is 2.14. The lowest BCUT2D eigenvalue weighted by Gasteiger charge is -2.14. The van der Waals surface area contributed by atoms with E-state index < -0.39 is 0 Å². The Balaban J connectivity index is 2.57. The van der Waals surface area contributed by atoms with Gasteiger partial charge in [-0.2, -0.15) is 0 Å². The molecule has 1 saturated heterocycles. The van der Waals surface area contributed by atoms with Crippen LogP contribution in [0.15, 0.2) is 12.3 Å². The van der Waals surface area contributed by atoms with Crippen LogP contribution in [0, 0.1) is 11.8 Å². The van der Waals surface area contributed by atoms with Gasteiger partial charge in [0, 0.05) is 11.6 Å². The molecule has 1 atom stereocenters. The zero-order valence-electron chi connectivity index (χ0n) is 6.60.